The minimum absolute atomic E-state index is 0.211. The highest BCUT2D eigenvalue weighted by molar-refractivity contribution is 9.10. The Morgan fingerprint density at radius 1 is 1.24 bits per heavy atom. The van der Waals surface area contributed by atoms with Crippen molar-refractivity contribution in [2.75, 3.05) is 5.32 Å². The van der Waals surface area contributed by atoms with Crippen LogP contribution in [-0.4, -0.2) is 4.98 Å². The first-order valence-electron chi connectivity index (χ1n) is 5.28. The summed E-state index contributed by atoms with van der Waals surface area (Å²) in [5.41, 5.74) is 2.18. The molecule has 0 saturated carbocycles. The predicted molar refractivity (Wildman–Crippen MR) is 75.4 cm³/mol. The van der Waals surface area contributed by atoms with E-state index in [0.29, 0.717) is 0 Å². The summed E-state index contributed by atoms with van der Waals surface area (Å²) in [6, 6.07) is 10.0. The van der Waals surface area contributed by atoms with Crippen molar-refractivity contribution < 1.29 is 0 Å². The van der Waals surface area contributed by atoms with Crippen LogP contribution in [0.25, 0.3) is 0 Å². The molecule has 0 bridgehead atoms. The number of aromatic nitrogens is 1. The summed E-state index contributed by atoms with van der Waals surface area (Å²) < 4.78 is 0.964. The Morgan fingerprint density at radius 3 is 2.59 bits per heavy atom. The molecule has 1 unspecified atom stereocenters. The van der Waals surface area contributed by atoms with Crippen LogP contribution in [-0.2, 0) is 0 Å². The van der Waals surface area contributed by atoms with Crippen molar-refractivity contribution in [1.82, 2.24) is 4.98 Å². The van der Waals surface area contributed by atoms with E-state index in [9.17, 15) is 0 Å². The molecule has 0 amide bonds. The van der Waals surface area contributed by atoms with E-state index in [1.54, 1.807) is 12.4 Å². The second-order valence-electron chi connectivity index (χ2n) is 3.81. The molecule has 4 heteroatoms. The number of halogens is 2. The fraction of sp³-hybridized carbons (Fsp3) is 0.154. The summed E-state index contributed by atoms with van der Waals surface area (Å²) in [6.45, 7) is 2.10. The molecule has 0 aliphatic heterocycles. The SMILES string of the molecule is CC(Nc1cncc(Br)c1)c1ccc(Cl)cc1. The van der Waals surface area contributed by atoms with Gasteiger partial charge in [0.05, 0.1) is 11.9 Å². The molecule has 2 rings (SSSR count). The van der Waals surface area contributed by atoms with Crippen molar-refractivity contribution in [3.8, 4) is 0 Å². The number of hydrogen-bond donors (Lipinski definition) is 1. The largest absolute Gasteiger partial charge is 0.377 e. The monoisotopic (exact) mass is 310 g/mol. The quantitative estimate of drug-likeness (QED) is 0.891. The van der Waals surface area contributed by atoms with Crippen molar-refractivity contribution in [3.05, 3.63) is 57.8 Å². The first-order valence-corrected chi connectivity index (χ1v) is 6.45. The molecular formula is C13H12BrClN2. The summed E-state index contributed by atoms with van der Waals surface area (Å²) in [5.74, 6) is 0. The van der Waals surface area contributed by atoms with E-state index < -0.39 is 0 Å². The molecule has 0 spiro atoms. The number of pyridine rings is 1. The average Bonchev–Trinajstić information content (AvgIpc) is 2.29. The van der Waals surface area contributed by atoms with Gasteiger partial charge in [0.15, 0.2) is 0 Å². The van der Waals surface area contributed by atoms with Gasteiger partial charge in [0, 0.05) is 21.7 Å². The van der Waals surface area contributed by atoms with E-state index in [4.69, 9.17) is 11.6 Å². The fourth-order valence-corrected chi connectivity index (χ4v) is 2.07. The lowest BCUT2D eigenvalue weighted by atomic mass is 10.1. The molecule has 1 heterocycles. The second-order valence-corrected chi connectivity index (χ2v) is 5.16. The smallest absolute Gasteiger partial charge is 0.0542 e. The molecule has 2 nitrogen and oxygen atoms in total. The highest BCUT2D eigenvalue weighted by atomic mass is 79.9. The van der Waals surface area contributed by atoms with Gasteiger partial charge in [-0.1, -0.05) is 23.7 Å². The first-order chi connectivity index (χ1) is 8.15. The van der Waals surface area contributed by atoms with E-state index >= 15 is 0 Å². The third kappa shape index (κ3) is 3.45. The maximum atomic E-state index is 5.86. The van der Waals surface area contributed by atoms with Crippen LogP contribution in [0, 0.1) is 0 Å². The van der Waals surface area contributed by atoms with Crippen LogP contribution in [0.15, 0.2) is 47.2 Å². The molecule has 0 saturated heterocycles. The Labute approximate surface area is 114 Å². The fourth-order valence-electron chi connectivity index (χ4n) is 1.58. The van der Waals surface area contributed by atoms with Crippen molar-refractivity contribution in [3.63, 3.8) is 0 Å². The van der Waals surface area contributed by atoms with Gasteiger partial charge in [-0.25, -0.2) is 0 Å². The summed E-state index contributed by atoms with van der Waals surface area (Å²) in [6.07, 6.45) is 3.56. The molecule has 1 atom stereocenters. The number of hydrogen-bond acceptors (Lipinski definition) is 2. The number of anilines is 1. The number of benzene rings is 1. The minimum atomic E-state index is 0.211. The van der Waals surface area contributed by atoms with Crippen LogP contribution >= 0.6 is 27.5 Å². The van der Waals surface area contributed by atoms with Gasteiger partial charge in [0.25, 0.3) is 0 Å². The van der Waals surface area contributed by atoms with Gasteiger partial charge in [-0.3, -0.25) is 4.98 Å². The maximum Gasteiger partial charge on any atom is 0.0542 e. The van der Waals surface area contributed by atoms with Crippen LogP contribution in [0.5, 0.6) is 0 Å². The zero-order valence-electron chi connectivity index (χ0n) is 9.32. The van der Waals surface area contributed by atoms with Crippen molar-refractivity contribution in [1.29, 1.82) is 0 Å². The van der Waals surface area contributed by atoms with E-state index in [0.717, 1.165) is 15.2 Å². The van der Waals surface area contributed by atoms with E-state index in [-0.39, 0.29) is 6.04 Å². The van der Waals surface area contributed by atoms with Gasteiger partial charge >= 0.3 is 0 Å². The molecule has 1 aromatic carbocycles. The summed E-state index contributed by atoms with van der Waals surface area (Å²) in [7, 11) is 0. The Hall–Kier alpha value is -1.06. The van der Waals surface area contributed by atoms with Gasteiger partial charge in [0.1, 0.15) is 0 Å². The standard InChI is InChI=1S/C13H12BrClN2/c1-9(10-2-4-12(15)5-3-10)17-13-6-11(14)7-16-8-13/h2-9,17H,1H3. The van der Waals surface area contributed by atoms with Crippen molar-refractivity contribution in [2.45, 2.75) is 13.0 Å². The van der Waals surface area contributed by atoms with E-state index in [1.165, 1.54) is 5.56 Å². The number of rotatable bonds is 3. The van der Waals surface area contributed by atoms with Crippen molar-refractivity contribution in [2.24, 2.45) is 0 Å². The van der Waals surface area contributed by atoms with Gasteiger partial charge in [0.2, 0.25) is 0 Å². The summed E-state index contributed by atoms with van der Waals surface area (Å²) >= 11 is 9.26. The Kier molecular flexibility index (Phi) is 4.02. The second kappa shape index (κ2) is 5.52. The van der Waals surface area contributed by atoms with E-state index in [1.807, 2.05) is 30.3 Å². The Morgan fingerprint density at radius 2 is 1.94 bits per heavy atom. The Bertz CT molecular complexity index is 499. The molecule has 1 aromatic heterocycles. The molecule has 88 valence electrons. The highest BCUT2D eigenvalue weighted by Crippen LogP contribution is 2.22. The lowest BCUT2D eigenvalue weighted by Gasteiger charge is -2.15. The number of nitrogens with one attached hydrogen (secondary N) is 1. The van der Waals surface area contributed by atoms with Gasteiger partial charge in [-0.15, -0.1) is 0 Å². The summed E-state index contributed by atoms with van der Waals surface area (Å²) in [4.78, 5) is 4.11. The van der Waals surface area contributed by atoms with Crippen molar-refractivity contribution >= 4 is 33.2 Å². The van der Waals surface area contributed by atoms with Gasteiger partial charge in [-0.2, -0.15) is 0 Å². The third-order valence-corrected chi connectivity index (χ3v) is 3.14. The normalized spacial score (nSPS) is 12.2. The van der Waals surface area contributed by atoms with Crippen LogP contribution in [0.1, 0.15) is 18.5 Å². The predicted octanol–water partition coefficient (Wildman–Crippen LogP) is 4.67. The van der Waals surface area contributed by atoms with E-state index in [2.05, 4.69) is 33.2 Å². The minimum Gasteiger partial charge on any atom is -0.377 e. The van der Waals surface area contributed by atoms with Crippen LogP contribution in [0.2, 0.25) is 5.02 Å². The third-order valence-electron chi connectivity index (χ3n) is 2.46. The summed E-state index contributed by atoms with van der Waals surface area (Å²) in [5, 5.41) is 4.14. The van der Waals surface area contributed by atoms with Crippen LogP contribution in [0.3, 0.4) is 0 Å². The maximum absolute atomic E-state index is 5.86. The number of nitrogens with zero attached hydrogens (tertiary/aromatic N) is 1. The van der Waals surface area contributed by atoms with Gasteiger partial charge in [-0.05, 0) is 46.6 Å². The zero-order valence-corrected chi connectivity index (χ0v) is 11.7. The topological polar surface area (TPSA) is 24.9 Å². The molecule has 17 heavy (non-hydrogen) atoms. The molecule has 0 aliphatic carbocycles. The first kappa shape index (κ1) is 12.4. The molecule has 1 N–H and O–H groups in total. The molecular weight excluding hydrogens is 300 g/mol. The molecule has 0 radical (unpaired) electrons. The Balaban J connectivity index is 2.11. The lowest BCUT2D eigenvalue weighted by molar-refractivity contribution is 0.882. The molecule has 0 aliphatic rings. The average molecular weight is 312 g/mol. The zero-order chi connectivity index (χ0) is 12.3. The lowest BCUT2D eigenvalue weighted by Crippen LogP contribution is -2.06. The highest BCUT2D eigenvalue weighted by Gasteiger charge is 2.05. The van der Waals surface area contributed by atoms with Gasteiger partial charge < -0.3 is 5.32 Å². The van der Waals surface area contributed by atoms with Crippen LogP contribution < -0.4 is 5.32 Å². The van der Waals surface area contributed by atoms with Crippen LogP contribution in [0.4, 0.5) is 5.69 Å². The molecule has 0 fully saturated rings. The molecule has 2 aromatic rings.